The van der Waals surface area contributed by atoms with Crippen LogP contribution in [0.3, 0.4) is 0 Å². The van der Waals surface area contributed by atoms with Crippen LogP contribution in [0.2, 0.25) is 0 Å². The summed E-state index contributed by atoms with van der Waals surface area (Å²) in [5.74, 6) is -3.59. The minimum atomic E-state index is -0.947. The van der Waals surface area contributed by atoms with E-state index in [2.05, 4.69) is 68.9 Å². The number of carbonyl (C=O) groups is 2. The van der Waals surface area contributed by atoms with Gasteiger partial charge in [-0.25, -0.2) is 8.78 Å². The van der Waals surface area contributed by atoms with Crippen molar-refractivity contribution in [3.63, 3.8) is 0 Å². The lowest BCUT2D eigenvalue weighted by Gasteiger charge is -2.39. The molecule has 5 N–H and O–H groups in total. The van der Waals surface area contributed by atoms with Gasteiger partial charge in [-0.1, -0.05) is 61.3 Å². The topological polar surface area (TPSA) is 150 Å². The van der Waals surface area contributed by atoms with E-state index in [1.165, 1.54) is 52.8 Å². The number of carbonyl (C=O) groups excluding carboxylic acids is 1. The van der Waals surface area contributed by atoms with Crippen LogP contribution < -0.4 is 11.1 Å². The SMILES string of the molecule is C[C@H](c1ccn[nH]1)c1ccc2c(c1N)Cc1ccccc1-2.O=C(N[C@H]1CCN(C2CCCC2)C[C@@H]1C(=O)O)c1cc(-c2ccc(F)cc2F)on1. The van der Waals surface area contributed by atoms with Crippen LogP contribution >= 0.6 is 0 Å². The number of hydrogen-bond acceptors (Lipinski definition) is 7. The molecule has 10 nitrogen and oxygen atoms in total. The van der Waals surface area contributed by atoms with Gasteiger partial charge in [-0.2, -0.15) is 5.10 Å². The number of fused-ring (bicyclic) bond motifs is 3. The van der Waals surface area contributed by atoms with E-state index < -0.39 is 35.5 Å². The Bertz CT molecular complexity index is 2040. The lowest BCUT2D eigenvalue weighted by Crippen LogP contribution is -2.55. The molecule has 0 radical (unpaired) electrons. The molecule has 51 heavy (non-hydrogen) atoms. The number of nitrogens with two attached hydrogens (primary N) is 1. The number of rotatable bonds is 7. The molecule has 2 aromatic heterocycles. The number of nitrogen functional groups attached to an aromatic ring is 1. The Morgan fingerprint density at radius 3 is 2.55 bits per heavy atom. The third-order valence-electron chi connectivity index (χ3n) is 10.6. The first-order valence-corrected chi connectivity index (χ1v) is 17.4. The van der Waals surface area contributed by atoms with Gasteiger partial charge in [0.15, 0.2) is 11.5 Å². The molecule has 3 atom stereocenters. The molecule has 264 valence electrons. The summed E-state index contributed by atoms with van der Waals surface area (Å²) >= 11 is 0. The van der Waals surface area contributed by atoms with Gasteiger partial charge in [-0.3, -0.25) is 19.6 Å². The first-order valence-electron chi connectivity index (χ1n) is 17.4. The van der Waals surface area contributed by atoms with E-state index in [0.717, 1.165) is 43.3 Å². The molecule has 1 saturated carbocycles. The summed E-state index contributed by atoms with van der Waals surface area (Å²) < 4.78 is 32.1. The van der Waals surface area contributed by atoms with Crippen molar-refractivity contribution >= 4 is 17.6 Å². The summed E-state index contributed by atoms with van der Waals surface area (Å²) in [6.07, 6.45) is 7.75. The van der Waals surface area contributed by atoms with Crippen LogP contribution in [-0.2, 0) is 11.2 Å². The smallest absolute Gasteiger partial charge is 0.309 e. The van der Waals surface area contributed by atoms with Gasteiger partial charge in [-0.05, 0) is 65.3 Å². The van der Waals surface area contributed by atoms with Crippen LogP contribution in [0.4, 0.5) is 14.5 Å². The Hall–Kier alpha value is -5.36. The monoisotopic (exact) mass is 694 g/mol. The molecular formula is C39H40F2N6O4. The second-order valence-electron chi connectivity index (χ2n) is 13.6. The molecule has 3 heterocycles. The number of anilines is 1. The first kappa shape index (κ1) is 34.1. The number of carboxylic acids is 1. The summed E-state index contributed by atoms with van der Waals surface area (Å²) in [4.78, 5) is 26.6. The van der Waals surface area contributed by atoms with Gasteiger partial charge in [0, 0.05) is 67.2 Å². The molecule has 3 aliphatic rings. The normalized spacial score (nSPS) is 19.1. The number of halogens is 2. The molecule has 3 aromatic carbocycles. The summed E-state index contributed by atoms with van der Waals surface area (Å²) in [6.45, 7) is 3.29. The molecule has 1 saturated heterocycles. The third-order valence-corrected chi connectivity index (χ3v) is 10.6. The number of aliphatic carboxylic acids is 1. The number of carboxylic acid groups (broad SMARTS) is 1. The van der Waals surface area contributed by atoms with Crippen molar-refractivity contribution in [3.05, 3.63) is 113 Å². The Kier molecular flexibility index (Phi) is 9.68. The van der Waals surface area contributed by atoms with Crippen molar-refractivity contribution in [2.45, 2.75) is 63.5 Å². The number of H-pyrrole nitrogens is 1. The molecule has 8 rings (SSSR count). The van der Waals surface area contributed by atoms with Gasteiger partial charge in [0.25, 0.3) is 5.91 Å². The Balaban J connectivity index is 0.000000169. The minimum absolute atomic E-state index is 0.0107. The average molecular weight is 695 g/mol. The van der Waals surface area contributed by atoms with Gasteiger partial charge < -0.3 is 20.7 Å². The van der Waals surface area contributed by atoms with E-state index in [1.807, 2.05) is 6.07 Å². The van der Waals surface area contributed by atoms with Gasteiger partial charge in [0.2, 0.25) is 0 Å². The Morgan fingerprint density at radius 2 is 1.80 bits per heavy atom. The fourth-order valence-corrected chi connectivity index (χ4v) is 7.75. The number of piperidine rings is 1. The summed E-state index contributed by atoms with van der Waals surface area (Å²) in [5.41, 5.74) is 14.8. The highest BCUT2D eigenvalue weighted by atomic mass is 19.1. The molecule has 5 aromatic rings. The lowest BCUT2D eigenvalue weighted by atomic mass is 9.90. The van der Waals surface area contributed by atoms with Gasteiger partial charge in [0.1, 0.15) is 11.6 Å². The van der Waals surface area contributed by atoms with Crippen LogP contribution in [0.15, 0.2) is 77.4 Å². The van der Waals surface area contributed by atoms with E-state index in [4.69, 9.17) is 10.3 Å². The Labute approximate surface area is 294 Å². The summed E-state index contributed by atoms with van der Waals surface area (Å²) in [5, 5.41) is 23.2. The number of nitrogens with one attached hydrogen (secondary N) is 2. The highest BCUT2D eigenvalue weighted by molar-refractivity contribution is 5.93. The molecule has 1 amide bonds. The van der Waals surface area contributed by atoms with Crippen molar-refractivity contribution < 1.29 is 28.0 Å². The minimum Gasteiger partial charge on any atom is -0.481 e. The zero-order chi connectivity index (χ0) is 35.6. The number of likely N-dealkylation sites (tertiary alicyclic amines) is 1. The predicted molar refractivity (Wildman–Crippen MR) is 188 cm³/mol. The molecule has 0 spiro atoms. The summed E-state index contributed by atoms with van der Waals surface area (Å²) in [7, 11) is 0. The second-order valence-corrected chi connectivity index (χ2v) is 13.6. The second kappa shape index (κ2) is 14.5. The van der Waals surface area contributed by atoms with Crippen molar-refractivity contribution in [3.8, 4) is 22.5 Å². The first-order chi connectivity index (χ1) is 24.7. The lowest BCUT2D eigenvalue weighted by molar-refractivity contribution is -0.145. The van der Waals surface area contributed by atoms with Crippen LogP contribution in [0, 0.1) is 17.6 Å². The maximum atomic E-state index is 13.9. The van der Waals surface area contributed by atoms with Gasteiger partial charge in [-0.15, -0.1) is 0 Å². The number of amides is 1. The molecule has 2 aliphatic carbocycles. The highest BCUT2D eigenvalue weighted by Gasteiger charge is 2.38. The summed E-state index contributed by atoms with van der Waals surface area (Å²) in [6, 6.07) is 19.1. The fraction of sp³-hybridized carbons (Fsp3) is 0.333. The zero-order valence-corrected chi connectivity index (χ0v) is 28.2. The molecule has 12 heteroatoms. The fourth-order valence-electron chi connectivity index (χ4n) is 7.75. The third kappa shape index (κ3) is 7.01. The van der Waals surface area contributed by atoms with Gasteiger partial charge >= 0.3 is 5.97 Å². The van der Waals surface area contributed by atoms with Crippen molar-refractivity contribution in [1.29, 1.82) is 0 Å². The van der Waals surface area contributed by atoms with Crippen LogP contribution in [-0.4, -0.2) is 62.4 Å². The number of aromatic amines is 1. The number of benzene rings is 3. The number of aromatic nitrogens is 3. The molecular weight excluding hydrogens is 654 g/mol. The highest BCUT2D eigenvalue weighted by Crippen LogP contribution is 2.42. The van der Waals surface area contributed by atoms with Crippen molar-refractivity contribution in [2.75, 3.05) is 18.8 Å². The van der Waals surface area contributed by atoms with Gasteiger partial charge in [0.05, 0.1) is 11.5 Å². The largest absolute Gasteiger partial charge is 0.481 e. The maximum Gasteiger partial charge on any atom is 0.309 e. The van der Waals surface area contributed by atoms with Crippen LogP contribution in [0.5, 0.6) is 0 Å². The van der Waals surface area contributed by atoms with E-state index in [9.17, 15) is 23.5 Å². The van der Waals surface area contributed by atoms with E-state index in [-0.39, 0.29) is 22.9 Å². The van der Waals surface area contributed by atoms with E-state index in [1.54, 1.807) is 6.20 Å². The standard InChI is InChI=1S/C21H23F2N3O4.C18H17N3/c22-12-5-6-14(16(23)9-12)19-10-18(25-30-19)20(27)24-17-7-8-26(11-15(17)21(28)29)13-3-1-2-4-13;1-11(17-8-9-20-21-17)13-6-7-15-14-5-3-2-4-12(14)10-16(15)18(13)19/h5-6,9-10,13,15,17H,1-4,7-8,11H2,(H,24,27)(H,28,29);2-9,11H,10,19H2,1H3,(H,20,21)/t15-,17-;11-/m00/s1. The zero-order valence-electron chi connectivity index (χ0n) is 28.2. The molecule has 0 bridgehead atoms. The average Bonchev–Trinajstić information content (AvgIpc) is 3.96. The maximum absolute atomic E-state index is 13.9. The Morgan fingerprint density at radius 1 is 1.02 bits per heavy atom. The van der Waals surface area contributed by atoms with Crippen molar-refractivity contribution in [1.82, 2.24) is 25.6 Å². The molecule has 1 aliphatic heterocycles. The number of hydrogen-bond donors (Lipinski definition) is 4. The van der Waals surface area contributed by atoms with Crippen molar-refractivity contribution in [2.24, 2.45) is 5.92 Å². The number of nitrogens with zero attached hydrogens (tertiary/aromatic N) is 3. The van der Waals surface area contributed by atoms with Crippen LogP contribution in [0.1, 0.15) is 77.8 Å². The quantitative estimate of drug-likeness (QED) is 0.134. The van der Waals surface area contributed by atoms with E-state index in [0.29, 0.717) is 25.1 Å². The molecule has 2 fully saturated rings. The van der Waals surface area contributed by atoms with E-state index >= 15 is 0 Å². The molecule has 0 unspecified atom stereocenters. The van der Waals surface area contributed by atoms with Crippen LogP contribution in [0.25, 0.3) is 22.5 Å². The predicted octanol–water partition coefficient (Wildman–Crippen LogP) is 6.78.